The Morgan fingerprint density at radius 1 is 1.06 bits per heavy atom. The standard InChI is InChI=1S/C37H40F2N4O5S/c1-36(2)15-6-16-37(3,24-8-5-7-23(19-24)9-12-32(44)45)35-41-34(43(4)42-35)28-20-25(10-11-29(28)38)48-33-27(14-18-49(46,47)22-36)26-13-17-40-31(26)21-30(33)39/h5,7-8,10-11,13,17,19-21,40H,6,9,12,14-16,18,22H2,1-4H3,(H,44,45). The molecule has 49 heavy (non-hydrogen) atoms. The van der Waals surface area contributed by atoms with Crippen LogP contribution in [0.4, 0.5) is 8.78 Å². The van der Waals surface area contributed by atoms with E-state index in [1.54, 1.807) is 19.3 Å². The maximum Gasteiger partial charge on any atom is 0.303 e. The number of hydrogen-bond acceptors (Lipinski definition) is 6. The van der Waals surface area contributed by atoms with Crippen LogP contribution in [0.3, 0.4) is 0 Å². The van der Waals surface area contributed by atoms with Crippen molar-refractivity contribution in [2.75, 3.05) is 11.5 Å². The lowest BCUT2D eigenvalue weighted by molar-refractivity contribution is -0.136. The van der Waals surface area contributed by atoms with Gasteiger partial charge < -0.3 is 14.8 Å². The Balaban J connectivity index is 1.50. The molecule has 6 rings (SSSR count). The van der Waals surface area contributed by atoms with E-state index in [-0.39, 0.29) is 47.2 Å². The quantitative estimate of drug-likeness (QED) is 0.200. The number of nitrogens with zero attached hydrogens (tertiary/aromatic N) is 3. The predicted octanol–water partition coefficient (Wildman–Crippen LogP) is 7.52. The Kier molecular flexibility index (Phi) is 9.12. The summed E-state index contributed by atoms with van der Waals surface area (Å²) in [5.74, 6) is -1.69. The largest absolute Gasteiger partial charge is 0.481 e. The van der Waals surface area contributed by atoms with Crippen LogP contribution in [-0.2, 0) is 39.9 Å². The highest BCUT2D eigenvalue weighted by Crippen LogP contribution is 2.41. The Morgan fingerprint density at radius 2 is 1.86 bits per heavy atom. The molecule has 0 amide bonds. The second-order valence-corrected chi connectivity index (χ2v) is 16.2. The van der Waals surface area contributed by atoms with Crippen LogP contribution < -0.4 is 4.74 Å². The third-order valence-corrected chi connectivity index (χ3v) is 11.6. The Labute approximate surface area is 284 Å². The van der Waals surface area contributed by atoms with Crippen LogP contribution in [0.5, 0.6) is 11.5 Å². The number of ether oxygens (including phenoxy) is 1. The highest BCUT2D eigenvalue weighted by atomic mass is 32.2. The van der Waals surface area contributed by atoms with E-state index in [9.17, 15) is 18.3 Å². The summed E-state index contributed by atoms with van der Waals surface area (Å²) >= 11 is 0. The van der Waals surface area contributed by atoms with E-state index >= 15 is 8.78 Å². The molecule has 12 heteroatoms. The molecule has 0 saturated heterocycles. The van der Waals surface area contributed by atoms with Gasteiger partial charge in [0.15, 0.2) is 33.1 Å². The summed E-state index contributed by atoms with van der Waals surface area (Å²) in [4.78, 5) is 19.2. The lowest BCUT2D eigenvalue weighted by atomic mass is 9.75. The first-order valence-electron chi connectivity index (χ1n) is 16.3. The fourth-order valence-electron chi connectivity index (χ4n) is 6.92. The number of rotatable bonds is 4. The monoisotopic (exact) mass is 690 g/mol. The normalized spacial score (nSPS) is 19.4. The molecule has 9 nitrogen and oxygen atoms in total. The van der Waals surface area contributed by atoms with Gasteiger partial charge in [-0.25, -0.2) is 26.9 Å². The van der Waals surface area contributed by atoms with Crippen molar-refractivity contribution in [2.24, 2.45) is 12.5 Å². The molecule has 0 radical (unpaired) electrons. The molecule has 2 aromatic heterocycles. The minimum atomic E-state index is -3.59. The lowest BCUT2D eigenvalue weighted by Gasteiger charge is -2.30. The third-order valence-electron chi connectivity index (χ3n) is 9.52. The second kappa shape index (κ2) is 13.0. The smallest absolute Gasteiger partial charge is 0.303 e. The van der Waals surface area contributed by atoms with E-state index in [2.05, 4.69) is 4.98 Å². The van der Waals surface area contributed by atoms with Crippen molar-refractivity contribution in [2.45, 2.75) is 64.7 Å². The molecule has 3 aromatic carbocycles. The van der Waals surface area contributed by atoms with Gasteiger partial charge in [-0.1, -0.05) is 44.5 Å². The molecule has 4 bridgehead atoms. The van der Waals surface area contributed by atoms with Gasteiger partial charge in [-0.3, -0.25) is 4.79 Å². The number of aromatic nitrogens is 4. The van der Waals surface area contributed by atoms with E-state index in [4.69, 9.17) is 14.8 Å². The molecule has 0 aliphatic carbocycles. The van der Waals surface area contributed by atoms with Crippen LogP contribution in [0.15, 0.2) is 60.8 Å². The maximum absolute atomic E-state index is 15.7. The Morgan fingerprint density at radius 3 is 2.63 bits per heavy atom. The number of aryl methyl sites for hydroxylation is 3. The molecular weight excluding hydrogens is 650 g/mol. The van der Waals surface area contributed by atoms with Gasteiger partial charge >= 0.3 is 5.97 Å². The molecular formula is C37H40F2N4O5S. The first-order valence-corrected chi connectivity index (χ1v) is 18.2. The van der Waals surface area contributed by atoms with Crippen molar-refractivity contribution < 1.29 is 31.8 Å². The van der Waals surface area contributed by atoms with Crippen molar-refractivity contribution >= 4 is 26.7 Å². The van der Waals surface area contributed by atoms with Gasteiger partial charge in [0.05, 0.1) is 22.5 Å². The van der Waals surface area contributed by atoms with Crippen LogP contribution in [0, 0.1) is 17.0 Å². The van der Waals surface area contributed by atoms with Gasteiger partial charge in [-0.15, -0.1) is 0 Å². The van der Waals surface area contributed by atoms with E-state index in [1.165, 1.54) is 28.9 Å². The summed E-state index contributed by atoms with van der Waals surface area (Å²) < 4.78 is 66.0. The Hall–Kier alpha value is -4.58. The summed E-state index contributed by atoms with van der Waals surface area (Å²) in [7, 11) is -1.91. The highest BCUT2D eigenvalue weighted by Gasteiger charge is 2.36. The number of benzene rings is 3. The fourth-order valence-corrected chi connectivity index (χ4v) is 8.91. The maximum atomic E-state index is 15.7. The molecule has 0 spiro atoms. The molecule has 5 aromatic rings. The number of sulfone groups is 1. The van der Waals surface area contributed by atoms with Gasteiger partial charge in [0, 0.05) is 42.2 Å². The molecule has 0 fully saturated rings. The number of carboxylic acid groups (broad SMARTS) is 1. The van der Waals surface area contributed by atoms with Crippen LogP contribution >= 0.6 is 0 Å². The number of hydrogen-bond donors (Lipinski definition) is 2. The van der Waals surface area contributed by atoms with Gasteiger partial charge in [0.2, 0.25) is 0 Å². The molecule has 1 aliphatic rings. The van der Waals surface area contributed by atoms with Crippen LogP contribution in [0.25, 0.3) is 22.3 Å². The van der Waals surface area contributed by atoms with Crippen molar-refractivity contribution in [3.63, 3.8) is 0 Å². The average molecular weight is 691 g/mol. The summed E-state index contributed by atoms with van der Waals surface area (Å²) in [6.45, 7) is 5.86. The first kappa shape index (κ1) is 34.3. The van der Waals surface area contributed by atoms with Crippen molar-refractivity contribution in [1.82, 2.24) is 19.7 Å². The van der Waals surface area contributed by atoms with Crippen molar-refractivity contribution in [3.8, 4) is 22.9 Å². The van der Waals surface area contributed by atoms with E-state index in [1.807, 2.05) is 45.0 Å². The molecule has 258 valence electrons. The molecule has 1 unspecified atom stereocenters. The van der Waals surface area contributed by atoms with Crippen LogP contribution in [0.2, 0.25) is 0 Å². The molecule has 1 aliphatic heterocycles. The Bertz CT molecular complexity index is 2160. The van der Waals surface area contributed by atoms with E-state index in [0.717, 1.165) is 11.1 Å². The number of aromatic amines is 1. The number of fused-ring (bicyclic) bond motifs is 8. The second-order valence-electron chi connectivity index (χ2n) is 14.0. The van der Waals surface area contributed by atoms with Crippen molar-refractivity contribution in [3.05, 3.63) is 94.9 Å². The highest BCUT2D eigenvalue weighted by molar-refractivity contribution is 7.91. The summed E-state index contributed by atoms with van der Waals surface area (Å²) in [5, 5.41) is 14.7. The van der Waals surface area contributed by atoms with Crippen LogP contribution in [-0.4, -0.2) is 50.7 Å². The van der Waals surface area contributed by atoms with Crippen molar-refractivity contribution in [1.29, 1.82) is 0 Å². The lowest BCUT2D eigenvalue weighted by Crippen LogP contribution is -2.29. The van der Waals surface area contributed by atoms with E-state index in [0.29, 0.717) is 48.0 Å². The third kappa shape index (κ3) is 7.24. The van der Waals surface area contributed by atoms with Gasteiger partial charge in [0.1, 0.15) is 11.6 Å². The minimum Gasteiger partial charge on any atom is -0.481 e. The summed E-state index contributed by atoms with van der Waals surface area (Å²) in [5.41, 5.74) is 1.38. The predicted molar refractivity (Wildman–Crippen MR) is 184 cm³/mol. The van der Waals surface area contributed by atoms with Gasteiger partial charge in [-0.05, 0) is 73.4 Å². The van der Waals surface area contributed by atoms with E-state index < -0.39 is 38.3 Å². The summed E-state index contributed by atoms with van der Waals surface area (Å²) in [6, 6.07) is 14.8. The zero-order valence-corrected chi connectivity index (χ0v) is 28.8. The number of carboxylic acids is 1. The van der Waals surface area contributed by atoms with Crippen LogP contribution in [0.1, 0.15) is 69.0 Å². The van der Waals surface area contributed by atoms with Gasteiger partial charge in [0.25, 0.3) is 0 Å². The minimum absolute atomic E-state index is 0.0169. The average Bonchev–Trinajstić information content (AvgIpc) is 3.66. The number of carbonyl (C=O) groups is 1. The SMILES string of the molecule is Cn1nc2nc1-c1cc(ccc1F)Oc1c(F)cc3[nH]ccc3c1CCS(=O)(=O)CC(C)(C)CCCC2(C)c1cccc(CCC(=O)O)c1. The van der Waals surface area contributed by atoms with Gasteiger partial charge in [-0.2, -0.15) is 5.10 Å². The topological polar surface area (TPSA) is 127 Å². The molecule has 3 heterocycles. The summed E-state index contributed by atoms with van der Waals surface area (Å²) in [6.07, 6.45) is 3.77. The number of halogens is 2. The number of nitrogens with one attached hydrogen (secondary N) is 1. The zero-order valence-electron chi connectivity index (χ0n) is 28.0. The zero-order chi connectivity index (χ0) is 35.1. The molecule has 0 saturated carbocycles. The molecule has 1 atom stereocenters. The molecule has 2 N–H and O–H groups in total. The number of H-pyrrole nitrogens is 1. The number of aliphatic carboxylic acids is 1. The fraction of sp³-hybridized carbons (Fsp3) is 0.378. The first-order chi connectivity index (χ1) is 23.1.